The van der Waals surface area contributed by atoms with Crippen molar-refractivity contribution in [2.45, 2.75) is 50.2 Å². The molecule has 2 aromatic heterocycles. The summed E-state index contributed by atoms with van der Waals surface area (Å²) in [7, 11) is 0. The lowest BCUT2D eigenvalue weighted by Gasteiger charge is -2.40. The van der Waals surface area contributed by atoms with Crippen LogP contribution < -0.4 is 16.0 Å². The van der Waals surface area contributed by atoms with Crippen LogP contribution in [0.2, 0.25) is 0 Å². The second-order valence-corrected chi connectivity index (χ2v) is 8.00. The van der Waals surface area contributed by atoms with E-state index >= 15 is 0 Å². The summed E-state index contributed by atoms with van der Waals surface area (Å²) in [5.74, 6) is 0.432. The summed E-state index contributed by atoms with van der Waals surface area (Å²) in [6.07, 6.45) is 12.3. The number of primary amides is 1. The number of nitrogens with zero attached hydrogens (tertiary/aromatic N) is 4. The summed E-state index contributed by atoms with van der Waals surface area (Å²) in [6.45, 7) is 0. The maximum atomic E-state index is 12.0. The van der Waals surface area contributed by atoms with Gasteiger partial charge >= 0.3 is 0 Å². The summed E-state index contributed by atoms with van der Waals surface area (Å²) in [4.78, 5) is 23.3. The van der Waals surface area contributed by atoms with Crippen LogP contribution in [0, 0.1) is 11.3 Å². The van der Waals surface area contributed by atoms with Crippen LogP contribution >= 0.6 is 0 Å². The van der Waals surface area contributed by atoms with Crippen LogP contribution in [0.5, 0.6) is 0 Å². The average molecular weight is 386 g/mol. The molecule has 4 heterocycles. The van der Waals surface area contributed by atoms with Gasteiger partial charge in [0.1, 0.15) is 5.82 Å². The molecule has 3 aliphatic rings. The van der Waals surface area contributed by atoms with E-state index < -0.39 is 5.91 Å². The molecule has 0 aromatic carbocycles. The van der Waals surface area contributed by atoms with Crippen molar-refractivity contribution in [3.05, 3.63) is 53.0 Å². The van der Waals surface area contributed by atoms with E-state index in [2.05, 4.69) is 32.3 Å². The third kappa shape index (κ3) is 3.01. The van der Waals surface area contributed by atoms with Gasteiger partial charge in [0.25, 0.3) is 5.91 Å². The van der Waals surface area contributed by atoms with Crippen LogP contribution in [0.3, 0.4) is 0 Å². The predicted octanol–water partition coefficient (Wildman–Crippen LogP) is 2.63. The highest BCUT2D eigenvalue weighted by Crippen LogP contribution is 2.40. The van der Waals surface area contributed by atoms with Gasteiger partial charge in [-0.1, -0.05) is 12.2 Å². The Morgan fingerprint density at radius 2 is 2.07 bits per heavy atom. The Morgan fingerprint density at radius 3 is 2.79 bits per heavy atom. The quantitative estimate of drug-likeness (QED) is 0.836. The zero-order valence-corrected chi connectivity index (χ0v) is 16.0. The molecule has 2 aliphatic heterocycles. The normalized spacial score (nSPS) is 24.2. The molecule has 2 aromatic rings. The molecular weight excluding hydrogens is 364 g/mol. The van der Waals surface area contributed by atoms with E-state index in [1.165, 1.54) is 0 Å². The number of nitriles is 1. The largest absolute Gasteiger partial charge is 0.381 e. The topological polar surface area (TPSA) is 108 Å². The molecule has 3 N–H and O–H groups in total. The maximum Gasteiger partial charge on any atom is 0.252 e. The van der Waals surface area contributed by atoms with Crippen molar-refractivity contribution in [3.8, 4) is 6.07 Å². The van der Waals surface area contributed by atoms with Gasteiger partial charge in [-0.2, -0.15) is 5.26 Å². The number of fused-ring (bicyclic) bond motifs is 3. The maximum absolute atomic E-state index is 12.0. The number of carbonyl (C=O) groups is 1. The average Bonchev–Trinajstić information content (AvgIpc) is 3.31. The number of nitrogens with two attached hydrogens (primary N) is 1. The van der Waals surface area contributed by atoms with Crippen molar-refractivity contribution in [2.75, 3.05) is 10.2 Å². The standard InChI is InChI=1S/C22H22N6O/c23-11-13-6-7-25-20(8-13)28-15-4-5-16(28)10-14(9-15)27-21-17-2-1-3-19(17)26-12-18(21)22(24)29/h1-2,6-8,12,14-16H,3-5,9-10H2,(H2,24,29)(H,26,27)/t14?,15-,16+. The van der Waals surface area contributed by atoms with Crippen molar-refractivity contribution in [3.63, 3.8) is 0 Å². The fourth-order valence-corrected chi connectivity index (χ4v) is 5.04. The first-order chi connectivity index (χ1) is 14.1. The zero-order valence-electron chi connectivity index (χ0n) is 16.0. The summed E-state index contributed by atoms with van der Waals surface area (Å²) >= 11 is 0. The number of rotatable bonds is 4. The monoisotopic (exact) mass is 386 g/mol. The van der Waals surface area contributed by atoms with Gasteiger partial charge < -0.3 is 16.0 Å². The molecular formula is C22H22N6O. The first kappa shape index (κ1) is 17.7. The Labute approximate surface area is 169 Å². The van der Waals surface area contributed by atoms with Gasteiger partial charge in [0.05, 0.1) is 28.6 Å². The third-order valence-electron chi connectivity index (χ3n) is 6.28. The Kier molecular flexibility index (Phi) is 4.20. The molecule has 7 heteroatoms. The molecule has 7 nitrogen and oxygen atoms in total. The van der Waals surface area contributed by atoms with E-state index in [-0.39, 0.29) is 6.04 Å². The number of aromatic nitrogens is 2. The van der Waals surface area contributed by atoms with Gasteiger partial charge in [0.2, 0.25) is 0 Å². The molecule has 0 spiro atoms. The molecule has 29 heavy (non-hydrogen) atoms. The number of carbonyl (C=O) groups excluding carboxylic acids is 1. The Hall–Kier alpha value is -3.40. The van der Waals surface area contributed by atoms with Crippen molar-refractivity contribution in [1.29, 1.82) is 5.26 Å². The number of nitrogens with one attached hydrogen (secondary N) is 1. The van der Waals surface area contributed by atoms with Crippen molar-refractivity contribution >= 4 is 23.5 Å². The van der Waals surface area contributed by atoms with Crippen molar-refractivity contribution in [2.24, 2.45) is 5.73 Å². The highest BCUT2D eigenvalue weighted by atomic mass is 16.1. The summed E-state index contributed by atoms with van der Waals surface area (Å²) in [6, 6.07) is 6.81. The fourth-order valence-electron chi connectivity index (χ4n) is 5.04. The Morgan fingerprint density at radius 1 is 1.28 bits per heavy atom. The van der Waals surface area contributed by atoms with E-state index in [0.717, 1.165) is 54.9 Å². The summed E-state index contributed by atoms with van der Waals surface area (Å²) in [5, 5.41) is 12.8. The lowest BCUT2D eigenvalue weighted by molar-refractivity contribution is 0.100. The zero-order chi connectivity index (χ0) is 20.0. The number of pyridine rings is 2. The lowest BCUT2D eigenvalue weighted by atomic mass is 9.95. The van der Waals surface area contributed by atoms with Gasteiger partial charge in [-0.05, 0) is 37.8 Å². The van der Waals surface area contributed by atoms with Crippen molar-refractivity contribution in [1.82, 2.24) is 9.97 Å². The first-order valence-corrected chi connectivity index (χ1v) is 10.0. The summed E-state index contributed by atoms with van der Waals surface area (Å²) in [5.41, 5.74) is 9.50. The van der Waals surface area contributed by atoms with E-state index in [4.69, 9.17) is 5.73 Å². The van der Waals surface area contributed by atoms with Gasteiger partial charge in [-0.15, -0.1) is 0 Å². The highest BCUT2D eigenvalue weighted by Gasteiger charge is 2.41. The summed E-state index contributed by atoms with van der Waals surface area (Å²) < 4.78 is 0. The van der Waals surface area contributed by atoms with E-state index in [0.29, 0.717) is 23.2 Å². The second-order valence-electron chi connectivity index (χ2n) is 8.00. The lowest BCUT2D eigenvalue weighted by Crippen LogP contribution is -2.47. The number of anilines is 2. The van der Waals surface area contributed by atoms with E-state index in [9.17, 15) is 10.1 Å². The minimum Gasteiger partial charge on any atom is -0.381 e. The third-order valence-corrected chi connectivity index (χ3v) is 6.28. The van der Waals surface area contributed by atoms with E-state index in [1.807, 2.05) is 12.1 Å². The Bertz CT molecular complexity index is 1040. The van der Waals surface area contributed by atoms with Gasteiger partial charge in [0.15, 0.2) is 0 Å². The van der Waals surface area contributed by atoms with Crippen LogP contribution in [-0.2, 0) is 6.42 Å². The van der Waals surface area contributed by atoms with Crippen LogP contribution in [0.25, 0.3) is 6.08 Å². The van der Waals surface area contributed by atoms with Crippen molar-refractivity contribution < 1.29 is 4.79 Å². The molecule has 146 valence electrons. The van der Waals surface area contributed by atoms with Crippen LogP contribution in [0.15, 0.2) is 30.6 Å². The molecule has 0 radical (unpaired) electrons. The number of allylic oxidation sites excluding steroid dienone is 1. The number of piperidine rings is 1. The predicted molar refractivity (Wildman–Crippen MR) is 110 cm³/mol. The molecule has 5 rings (SSSR count). The van der Waals surface area contributed by atoms with E-state index in [1.54, 1.807) is 18.5 Å². The minimum absolute atomic E-state index is 0.251. The molecule has 2 bridgehead atoms. The molecule has 2 fully saturated rings. The minimum atomic E-state index is -0.457. The highest BCUT2D eigenvalue weighted by molar-refractivity contribution is 6.00. The smallest absolute Gasteiger partial charge is 0.252 e. The van der Waals surface area contributed by atoms with Gasteiger partial charge in [-0.3, -0.25) is 9.78 Å². The fraction of sp³-hybridized carbons (Fsp3) is 0.364. The van der Waals surface area contributed by atoms with Crippen LogP contribution in [0.1, 0.15) is 52.9 Å². The molecule has 0 saturated carbocycles. The number of hydrogen-bond donors (Lipinski definition) is 2. The molecule has 2 saturated heterocycles. The van der Waals surface area contributed by atoms with Crippen LogP contribution in [-0.4, -0.2) is 34.0 Å². The second kappa shape index (κ2) is 6.89. The molecule has 3 atom stereocenters. The number of hydrogen-bond acceptors (Lipinski definition) is 6. The first-order valence-electron chi connectivity index (χ1n) is 10.0. The Balaban J connectivity index is 1.40. The number of amides is 1. The van der Waals surface area contributed by atoms with Gasteiger partial charge in [0, 0.05) is 42.5 Å². The SMILES string of the molecule is N#Cc1ccnc(N2[C@@H]3CC[C@H]2CC(Nc2c(C(N)=O)cnc4c2C=CC4)C3)c1. The van der Waals surface area contributed by atoms with Gasteiger partial charge in [-0.25, -0.2) is 4.98 Å². The molecule has 1 aliphatic carbocycles. The molecule has 1 amide bonds. The van der Waals surface area contributed by atoms with Crippen LogP contribution in [0.4, 0.5) is 11.5 Å². The molecule has 1 unspecified atom stereocenters.